The number of fused-ring (bicyclic) bond motifs is 2. The maximum atomic E-state index is 12.0. The van der Waals surface area contributed by atoms with E-state index in [9.17, 15) is 4.79 Å². The lowest BCUT2D eigenvalue weighted by Crippen LogP contribution is -2.23. The zero-order chi connectivity index (χ0) is 21.6. The average molecular weight is 436 g/mol. The fraction of sp³-hybridized carbons (Fsp3) is 0.261. The lowest BCUT2D eigenvalue weighted by atomic mass is 9.95. The highest BCUT2D eigenvalue weighted by Crippen LogP contribution is 2.38. The molecule has 0 spiro atoms. The molecule has 31 heavy (non-hydrogen) atoms. The molecule has 0 saturated carbocycles. The van der Waals surface area contributed by atoms with Gasteiger partial charge in [-0.1, -0.05) is 17.7 Å². The molecule has 0 saturated heterocycles. The van der Waals surface area contributed by atoms with E-state index >= 15 is 0 Å². The van der Waals surface area contributed by atoms with Crippen molar-refractivity contribution in [3.63, 3.8) is 0 Å². The molecule has 0 atom stereocenters. The van der Waals surface area contributed by atoms with Crippen LogP contribution < -0.4 is 16.0 Å². The zero-order valence-corrected chi connectivity index (χ0v) is 18.0. The standard InChI is InChI=1S/C23H22ClN5O2/c1-23(2)18-10-16(5-6-17(18)21(30)31-23)27-20-19(24)12-26-22(29-20)28-15-4-3-14-11-25-8-7-13(14)9-15/h3-6,9-10,12,25H,7-8,11H2,1-2H3,(H2,26,27,28,29). The number of benzene rings is 2. The molecule has 0 amide bonds. The van der Waals surface area contributed by atoms with Crippen molar-refractivity contribution in [2.24, 2.45) is 0 Å². The van der Waals surface area contributed by atoms with E-state index in [0.717, 1.165) is 36.4 Å². The van der Waals surface area contributed by atoms with Crippen LogP contribution in [0.25, 0.3) is 0 Å². The van der Waals surface area contributed by atoms with Crippen LogP contribution in [0.3, 0.4) is 0 Å². The van der Waals surface area contributed by atoms with E-state index in [0.29, 0.717) is 22.4 Å². The molecular formula is C23H22ClN5O2. The first-order valence-electron chi connectivity index (χ1n) is 10.2. The lowest BCUT2D eigenvalue weighted by molar-refractivity contribution is 0.00955. The van der Waals surface area contributed by atoms with Crippen LogP contribution in [-0.4, -0.2) is 22.5 Å². The van der Waals surface area contributed by atoms with Crippen molar-refractivity contribution in [1.82, 2.24) is 15.3 Å². The molecule has 2 aliphatic heterocycles. The summed E-state index contributed by atoms with van der Waals surface area (Å²) in [4.78, 5) is 20.9. The maximum Gasteiger partial charge on any atom is 0.339 e. The molecule has 0 fully saturated rings. The van der Waals surface area contributed by atoms with E-state index in [2.05, 4.69) is 38.1 Å². The van der Waals surface area contributed by atoms with Crippen molar-refractivity contribution in [2.45, 2.75) is 32.4 Å². The van der Waals surface area contributed by atoms with Gasteiger partial charge in [0.15, 0.2) is 5.82 Å². The van der Waals surface area contributed by atoms with Crippen molar-refractivity contribution in [3.05, 3.63) is 69.9 Å². The van der Waals surface area contributed by atoms with Gasteiger partial charge in [0.05, 0.1) is 11.8 Å². The second kappa shape index (κ2) is 7.51. The molecule has 158 valence electrons. The van der Waals surface area contributed by atoms with Crippen LogP contribution in [0.4, 0.5) is 23.1 Å². The Balaban J connectivity index is 1.39. The summed E-state index contributed by atoms with van der Waals surface area (Å²) in [6.07, 6.45) is 2.56. The topological polar surface area (TPSA) is 88.2 Å². The fourth-order valence-corrected chi connectivity index (χ4v) is 4.11. The molecule has 3 heterocycles. The smallest absolute Gasteiger partial charge is 0.339 e. The molecule has 7 nitrogen and oxygen atoms in total. The van der Waals surface area contributed by atoms with Crippen LogP contribution in [0.15, 0.2) is 42.6 Å². The van der Waals surface area contributed by atoms with Crippen LogP contribution in [0.5, 0.6) is 0 Å². The van der Waals surface area contributed by atoms with Gasteiger partial charge in [-0.2, -0.15) is 4.98 Å². The average Bonchev–Trinajstić information content (AvgIpc) is 2.98. The Kier molecular flexibility index (Phi) is 4.79. The third-order valence-corrected chi connectivity index (χ3v) is 5.87. The predicted octanol–water partition coefficient (Wildman–Crippen LogP) is 4.67. The summed E-state index contributed by atoms with van der Waals surface area (Å²) in [5, 5.41) is 10.3. The number of nitrogens with zero attached hydrogens (tertiary/aromatic N) is 2. The quantitative estimate of drug-likeness (QED) is 0.513. The normalized spacial score (nSPS) is 16.3. The number of halogens is 1. The minimum atomic E-state index is -0.672. The van der Waals surface area contributed by atoms with Gasteiger partial charge in [0.1, 0.15) is 10.6 Å². The van der Waals surface area contributed by atoms with E-state index < -0.39 is 5.60 Å². The number of hydrogen-bond acceptors (Lipinski definition) is 7. The second-order valence-electron chi connectivity index (χ2n) is 8.21. The van der Waals surface area contributed by atoms with Crippen molar-refractivity contribution in [2.75, 3.05) is 17.2 Å². The summed E-state index contributed by atoms with van der Waals surface area (Å²) in [6.45, 7) is 5.62. The number of hydrogen-bond donors (Lipinski definition) is 3. The summed E-state index contributed by atoms with van der Waals surface area (Å²) < 4.78 is 5.44. The molecule has 0 radical (unpaired) electrons. The van der Waals surface area contributed by atoms with Crippen LogP contribution in [0.2, 0.25) is 5.02 Å². The minimum Gasteiger partial charge on any atom is -0.451 e. The highest BCUT2D eigenvalue weighted by Gasteiger charge is 2.37. The van der Waals surface area contributed by atoms with Crippen LogP contribution in [-0.2, 0) is 23.3 Å². The Bertz CT molecular complexity index is 1190. The van der Waals surface area contributed by atoms with Crippen molar-refractivity contribution in [1.29, 1.82) is 0 Å². The van der Waals surface area contributed by atoms with Gasteiger partial charge in [-0.25, -0.2) is 9.78 Å². The Morgan fingerprint density at radius 1 is 1.10 bits per heavy atom. The van der Waals surface area contributed by atoms with E-state index in [1.807, 2.05) is 32.0 Å². The molecule has 1 aromatic heterocycles. The van der Waals surface area contributed by atoms with Crippen molar-refractivity contribution >= 4 is 40.7 Å². The fourth-order valence-electron chi connectivity index (χ4n) is 3.98. The molecule has 0 unspecified atom stereocenters. The molecule has 3 aromatic rings. The van der Waals surface area contributed by atoms with Gasteiger partial charge in [0, 0.05) is 23.5 Å². The highest BCUT2D eigenvalue weighted by atomic mass is 35.5. The molecule has 2 aliphatic rings. The second-order valence-corrected chi connectivity index (χ2v) is 8.62. The van der Waals surface area contributed by atoms with Gasteiger partial charge in [-0.3, -0.25) is 0 Å². The SMILES string of the molecule is CC1(C)OC(=O)c2ccc(Nc3nc(Nc4ccc5c(c4)CCNC5)ncc3Cl)cc21. The monoisotopic (exact) mass is 435 g/mol. The van der Waals surface area contributed by atoms with E-state index in [-0.39, 0.29) is 5.97 Å². The number of rotatable bonds is 4. The summed E-state index contributed by atoms with van der Waals surface area (Å²) >= 11 is 6.34. The van der Waals surface area contributed by atoms with Crippen LogP contribution >= 0.6 is 11.6 Å². The minimum absolute atomic E-state index is 0.307. The Hall–Kier alpha value is -3.16. The number of esters is 1. The van der Waals surface area contributed by atoms with Crippen molar-refractivity contribution < 1.29 is 9.53 Å². The predicted molar refractivity (Wildman–Crippen MR) is 120 cm³/mol. The number of nitrogens with one attached hydrogen (secondary N) is 3. The van der Waals surface area contributed by atoms with Gasteiger partial charge in [-0.05, 0) is 68.3 Å². The van der Waals surface area contributed by atoms with E-state index in [4.69, 9.17) is 16.3 Å². The highest BCUT2D eigenvalue weighted by molar-refractivity contribution is 6.32. The summed E-state index contributed by atoms with van der Waals surface area (Å²) in [6, 6.07) is 11.7. The summed E-state index contributed by atoms with van der Waals surface area (Å²) in [5.41, 5.74) is 5.08. The molecule has 8 heteroatoms. The van der Waals surface area contributed by atoms with Gasteiger partial charge in [0.25, 0.3) is 0 Å². The molecule has 0 bridgehead atoms. The Labute approximate surface area is 185 Å². The summed E-state index contributed by atoms with van der Waals surface area (Å²) in [7, 11) is 0. The first-order valence-corrected chi connectivity index (χ1v) is 10.5. The molecule has 3 N–H and O–H groups in total. The third-order valence-electron chi connectivity index (χ3n) is 5.59. The molecule has 5 rings (SSSR count). The largest absolute Gasteiger partial charge is 0.451 e. The number of carbonyl (C=O) groups excluding carboxylic acids is 1. The zero-order valence-electron chi connectivity index (χ0n) is 17.3. The van der Waals surface area contributed by atoms with Gasteiger partial charge < -0.3 is 20.7 Å². The summed E-state index contributed by atoms with van der Waals surface area (Å²) in [5.74, 6) is 0.615. The number of aromatic nitrogens is 2. The van der Waals surface area contributed by atoms with Crippen molar-refractivity contribution in [3.8, 4) is 0 Å². The molecule has 2 aromatic carbocycles. The van der Waals surface area contributed by atoms with E-state index in [1.54, 1.807) is 12.3 Å². The number of ether oxygens (including phenoxy) is 1. The number of cyclic esters (lactones) is 1. The van der Waals surface area contributed by atoms with Crippen LogP contribution in [0, 0.1) is 0 Å². The lowest BCUT2D eigenvalue weighted by Gasteiger charge is -2.19. The molecule has 0 aliphatic carbocycles. The number of carbonyl (C=O) groups is 1. The van der Waals surface area contributed by atoms with Gasteiger partial charge >= 0.3 is 5.97 Å². The van der Waals surface area contributed by atoms with Gasteiger partial charge in [-0.15, -0.1) is 0 Å². The first-order chi connectivity index (χ1) is 14.9. The van der Waals surface area contributed by atoms with Crippen LogP contribution in [0.1, 0.15) is 40.9 Å². The third kappa shape index (κ3) is 3.82. The first kappa shape index (κ1) is 19.8. The Morgan fingerprint density at radius 3 is 2.77 bits per heavy atom. The molecular weight excluding hydrogens is 414 g/mol. The Morgan fingerprint density at radius 2 is 1.90 bits per heavy atom. The maximum absolute atomic E-state index is 12.0. The number of anilines is 4. The van der Waals surface area contributed by atoms with Gasteiger partial charge in [0.2, 0.25) is 5.95 Å². The van der Waals surface area contributed by atoms with E-state index in [1.165, 1.54) is 11.1 Å².